The monoisotopic (exact) mass is 307 g/mol. The Hall–Kier alpha value is -2.61. The van der Waals surface area contributed by atoms with Crippen LogP contribution in [0.15, 0.2) is 30.3 Å². The highest BCUT2D eigenvalue weighted by Gasteiger charge is 2.18. The molecule has 1 saturated heterocycles. The van der Waals surface area contributed by atoms with Gasteiger partial charge in [-0.05, 0) is 43.9 Å². The molecule has 2 aromatic rings. The molecule has 1 aromatic heterocycles. The molecular formula is C18H21N5. The number of aryl methyl sites for hydroxylation is 1. The molecule has 2 heterocycles. The second-order valence-corrected chi connectivity index (χ2v) is 6.18. The Balaban J connectivity index is 1.81. The van der Waals surface area contributed by atoms with Crippen LogP contribution in [0, 0.1) is 24.2 Å². The number of rotatable bonds is 3. The Morgan fingerprint density at radius 3 is 2.74 bits per heavy atom. The van der Waals surface area contributed by atoms with Gasteiger partial charge in [0, 0.05) is 30.5 Å². The van der Waals surface area contributed by atoms with Crippen LogP contribution in [0.5, 0.6) is 0 Å². The fourth-order valence-corrected chi connectivity index (χ4v) is 2.80. The lowest BCUT2D eigenvalue weighted by Crippen LogP contribution is -2.33. The van der Waals surface area contributed by atoms with Crippen molar-refractivity contribution in [2.24, 2.45) is 5.92 Å². The molecule has 0 spiro atoms. The Kier molecular flexibility index (Phi) is 4.42. The fourth-order valence-electron chi connectivity index (χ4n) is 2.80. The summed E-state index contributed by atoms with van der Waals surface area (Å²) in [6.07, 6.45) is 2.41. The van der Waals surface area contributed by atoms with E-state index < -0.39 is 0 Å². The van der Waals surface area contributed by atoms with E-state index in [1.807, 2.05) is 25.1 Å². The van der Waals surface area contributed by atoms with Crippen LogP contribution in [0.4, 0.5) is 17.5 Å². The van der Waals surface area contributed by atoms with Crippen LogP contribution in [0.2, 0.25) is 0 Å². The standard InChI is InChI=1S/C18H21N5/c1-13-6-8-23(9-7-13)17-10-14(2)20-18(22-17)21-16-5-3-4-15(11-16)12-19/h3-5,10-11,13H,6-9H2,1-2H3,(H,20,21,22). The van der Waals surface area contributed by atoms with Gasteiger partial charge in [0.15, 0.2) is 0 Å². The number of nitrogens with one attached hydrogen (secondary N) is 1. The van der Waals surface area contributed by atoms with Gasteiger partial charge in [0.25, 0.3) is 0 Å². The van der Waals surface area contributed by atoms with Gasteiger partial charge < -0.3 is 10.2 Å². The van der Waals surface area contributed by atoms with Crippen LogP contribution >= 0.6 is 0 Å². The van der Waals surface area contributed by atoms with Gasteiger partial charge in [-0.3, -0.25) is 0 Å². The minimum Gasteiger partial charge on any atom is -0.356 e. The van der Waals surface area contributed by atoms with Gasteiger partial charge in [0.1, 0.15) is 5.82 Å². The van der Waals surface area contributed by atoms with E-state index in [-0.39, 0.29) is 0 Å². The average Bonchev–Trinajstić information content (AvgIpc) is 2.55. The molecule has 1 aromatic carbocycles. The van der Waals surface area contributed by atoms with Crippen LogP contribution in [0.1, 0.15) is 31.0 Å². The lowest BCUT2D eigenvalue weighted by molar-refractivity contribution is 0.436. The van der Waals surface area contributed by atoms with E-state index in [1.54, 1.807) is 12.1 Å². The molecule has 0 saturated carbocycles. The number of nitriles is 1. The molecule has 5 nitrogen and oxygen atoms in total. The number of piperidine rings is 1. The summed E-state index contributed by atoms with van der Waals surface area (Å²) in [6, 6.07) is 11.5. The molecule has 0 unspecified atom stereocenters. The quantitative estimate of drug-likeness (QED) is 0.938. The van der Waals surface area contributed by atoms with Crippen LogP contribution < -0.4 is 10.2 Å². The van der Waals surface area contributed by atoms with Crippen molar-refractivity contribution in [2.45, 2.75) is 26.7 Å². The lowest BCUT2D eigenvalue weighted by atomic mass is 9.99. The maximum absolute atomic E-state index is 8.99. The van der Waals surface area contributed by atoms with Crippen molar-refractivity contribution in [1.29, 1.82) is 5.26 Å². The van der Waals surface area contributed by atoms with Crippen molar-refractivity contribution >= 4 is 17.5 Å². The first-order chi connectivity index (χ1) is 11.1. The molecule has 1 aliphatic heterocycles. The smallest absolute Gasteiger partial charge is 0.229 e. The van der Waals surface area contributed by atoms with Crippen molar-refractivity contribution in [1.82, 2.24) is 9.97 Å². The maximum Gasteiger partial charge on any atom is 0.229 e. The van der Waals surface area contributed by atoms with E-state index in [2.05, 4.69) is 33.2 Å². The number of anilines is 3. The van der Waals surface area contributed by atoms with Gasteiger partial charge in [-0.25, -0.2) is 4.98 Å². The highest BCUT2D eigenvalue weighted by Crippen LogP contribution is 2.23. The zero-order valence-corrected chi connectivity index (χ0v) is 13.6. The van der Waals surface area contributed by atoms with Crippen LogP contribution in [0.3, 0.4) is 0 Å². The molecular weight excluding hydrogens is 286 g/mol. The molecule has 1 aliphatic rings. The molecule has 5 heteroatoms. The van der Waals surface area contributed by atoms with E-state index in [4.69, 9.17) is 5.26 Å². The summed E-state index contributed by atoms with van der Waals surface area (Å²) in [5.74, 6) is 2.34. The lowest BCUT2D eigenvalue weighted by Gasteiger charge is -2.31. The summed E-state index contributed by atoms with van der Waals surface area (Å²) in [4.78, 5) is 11.4. The summed E-state index contributed by atoms with van der Waals surface area (Å²) >= 11 is 0. The summed E-state index contributed by atoms with van der Waals surface area (Å²) in [7, 11) is 0. The molecule has 0 bridgehead atoms. The van der Waals surface area contributed by atoms with Gasteiger partial charge in [-0.15, -0.1) is 0 Å². The number of hydrogen-bond acceptors (Lipinski definition) is 5. The third kappa shape index (κ3) is 3.78. The van der Waals surface area contributed by atoms with Crippen molar-refractivity contribution in [3.05, 3.63) is 41.6 Å². The number of hydrogen-bond donors (Lipinski definition) is 1. The predicted molar refractivity (Wildman–Crippen MR) is 91.8 cm³/mol. The highest BCUT2D eigenvalue weighted by atomic mass is 15.2. The van der Waals surface area contributed by atoms with E-state index in [0.717, 1.165) is 36.2 Å². The molecule has 0 radical (unpaired) electrons. The largest absolute Gasteiger partial charge is 0.356 e. The highest BCUT2D eigenvalue weighted by molar-refractivity contribution is 5.58. The molecule has 0 aliphatic carbocycles. The molecule has 1 fully saturated rings. The second-order valence-electron chi connectivity index (χ2n) is 6.18. The van der Waals surface area contributed by atoms with Gasteiger partial charge in [0.2, 0.25) is 5.95 Å². The van der Waals surface area contributed by atoms with Crippen molar-refractivity contribution in [2.75, 3.05) is 23.3 Å². The summed E-state index contributed by atoms with van der Waals surface area (Å²) in [5, 5.41) is 12.2. The van der Waals surface area contributed by atoms with Gasteiger partial charge >= 0.3 is 0 Å². The van der Waals surface area contributed by atoms with Gasteiger partial charge in [-0.1, -0.05) is 13.0 Å². The third-order valence-corrected chi connectivity index (χ3v) is 4.20. The van der Waals surface area contributed by atoms with E-state index >= 15 is 0 Å². The molecule has 0 amide bonds. The van der Waals surface area contributed by atoms with Crippen molar-refractivity contribution in [3.8, 4) is 6.07 Å². The zero-order chi connectivity index (χ0) is 16.2. The zero-order valence-electron chi connectivity index (χ0n) is 13.6. The minimum atomic E-state index is 0.578. The average molecular weight is 307 g/mol. The normalized spacial score (nSPS) is 15.3. The Labute approximate surface area is 137 Å². The van der Waals surface area contributed by atoms with Crippen LogP contribution in [0.25, 0.3) is 0 Å². The molecule has 118 valence electrons. The molecule has 23 heavy (non-hydrogen) atoms. The van der Waals surface area contributed by atoms with E-state index in [0.29, 0.717) is 11.5 Å². The van der Waals surface area contributed by atoms with Gasteiger partial charge in [-0.2, -0.15) is 10.2 Å². The Morgan fingerprint density at radius 1 is 1.22 bits per heavy atom. The number of aromatic nitrogens is 2. The van der Waals surface area contributed by atoms with Crippen LogP contribution in [-0.2, 0) is 0 Å². The van der Waals surface area contributed by atoms with Crippen molar-refractivity contribution < 1.29 is 0 Å². The summed E-state index contributed by atoms with van der Waals surface area (Å²) < 4.78 is 0. The predicted octanol–water partition coefficient (Wildman–Crippen LogP) is 3.64. The first kappa shape index (κ1) is 15.3. The molecule has 1 N–H and O–H groups in total. The Bertz CT molecular complexity index is 726. The maximum atomic E-state index is 8.99. The Morgan fingerprint density at radius 2 is 2.00 bits per heavy atom. The first-order valence-electron chi connectivity index (χ1n) is 8.02. The fraction of sp³-hybridized carbons (Fsp3) is 0.389. The van der Waals surface area contributed by atoms with E-state index in [9.17, 15) is 0 Å². The van der Waals surface area contributed by atoms with Crippen LogP contribution in [-0.4, -0.2) is 23.1 Å². The summed E-state index contributed by atoms with van der Waals surface area (Å²) in [5.41, 5.74) is 2.38. The van der Waals surface area contributed by atoms with Gasteiger partial charge in [0.05, 0.1) is 11.6 Å². The topological polar surface area (TPSA) is 64.8 Å². The number of benzene rings is 1. The minimum absolute atomic E-state index is 0.578. The molecule has 0 atom stereocenters. The summed E-state index contributed by atoms with van der Waals surface area (Å²) in [6.45, 7) is 6.37. The second kappa shape index (κ2) is 6.66. The molecule has 3 rings (SSSR count). The first-order valence-corrected chi connectivity index (χ1v) is 8.02. The third-order valence-electron chi connectivity index (χ3n) is 4.20. The van der Waals surface area contributed by atoms with Crippen molar-refractivity contribution in [3.63, 3.8) is 0 Å². The van der Waals surface area contributed by atoms with E-state index in [1.165, 1.54) is 12.8 Å². The number of nitrogens with zero attached hydrogens (tertiary/aromatic N) is 4. The SMILES string of the molecule is Cc1cc(N2CCC(C)CC2)nc(Nc2cccc(C#N)c2)n1.